The van der Waals surface area contributed by atoms with E-state index in [9.17, 15) is 4.79 Å². The molecule has 1 aromatic rings. The number of rotatable bonds is 5. The van der Waals surface area contributed by atoms with Gasteiger partial charge in [0.2, 0.25) is 5.91 Å². The third kappa shape index (κ3) is 3.35. The number of amides is 1. The first-order chi connectivity index (χ1) is 9.65. The van der Waals surface area contributed by atoms with Crippen molar-refractivity contribution in [1.82, 2.24) is 14.8 Å². The Labute approximate surface area is 120 Å². The molecule has 1 fully saturated rings. The average Bonchev–Trinajstić information content (AvgIpc) is 2.82. The smallest absolute Gasteiger partial charge is 0.239 e. The first-order valence-corrected chi connectivity index (χ1v) is 7.33. The van der Waals surface area contributed by atoms with Crippen LogP contribution in [0.2, 0.25) is 0 Å². The lowest BCUT2D eigenvalue weighted by molar-refractivity contribution is -0.135. The maximum absolute atomic E-state index is 12.6. The van der Waals surface area contributed by atoms with Crippen LogP contribution in [0.5, 0.6) is 0 Å². The highest BCUT2D eigenvalue weighted by atomic mass is 16.2. The number of pyridine rings is 1. The minimum Gasteiger partial charge on any atom is -0.342 e. The molecule has 0 unspecified atom stereocenters. The number of nitrogens with zero attached hydrogens (tertiary/aromatic N) is 3. The number of likely N-dealkylation sites (tertiary alicyclic amines) is 1. The van der Waals surface area contributed by atoms with E-state index in [4.69, 9.17) is 5.73 Å². The molecule has 1 amide bonds. The predicted octanol–water partition coefficient (Wildman–Crippen LogP) is 0.852. The zero-order chi connectivity index (χ0) is 14.5. The van der Waals surface area contributed by atoms with Crippen LogP contribution in [0, 0.1) is 0 Å². The fourth-order valence-corrected chi connectivity index (χ4v) is 2.84. The van der Waals surface area contributed by atoms with Crippen molar-refractivity contribution in [2.24, 2.45) is 5.73 Å². The van der Waals surface area contributed by atoms with Crippen molar-refractivity contribution in [2.45, 2.75) is 38.9 Å². The summed E-state index contributed by atoms with van der Waals surface area (Å²) in [4.78, 5) is 20.8. The van der Waals surface area contributed by atoms with Crippen molar-refractivity contribution < 1.29 is 4.79 Å². The standard InChI is InChI=1S/C15H24N4O/c1-3-18(4-2)15(20)14-8-13(16)11-19(14)10-12-6-5-7-17-9-12/h5-7,9,13-14H,3-4,8,10-11,16H2,1-2H3/t13-,14+/m1/s1. The number of nitrogens with two attached hydrogens (primary N) is 1. The summed E-state index contributed by atoms with van der Waals surface area (Å²) < 4.78 is 0. The van der Waals surface area contributed by atoms with Crippen LogP contribution in [0.25, 0.3) is 0 Å². The van der Waals surface area contributed by atoms with Crippen molar-refractivity contribution in [3.8, 4) is 0 Å². The summed E-state index contributed by atoms with van der Waals surface area (Å²) in [7, 11) is 0. The Kier molecular flexibility index (Phi) is 5.09. The summed E-state index contributed by atoms with van der Waals surface area (Å²) in [6.45, 7) is 7.04. The van der Waals surface area contributed by atoms with Crippen LogP contribution in [0.1, 0.15) is 25.8 Å². The summed E-state index contributed by atoms with van der Waals surface area (Å²) in [5.41, 5.74) is 7.19. The fraction of sp³-hybridized carbons (Fsp3) is 0.600. The Balaban J connectivity index is 2.08. The molecule has 1 saturated heterocycles. The van der Waals surface area contributed by atoms with Gasteiger partial charge < -0.3 is 10.6 Å². The molecule has 2 N–H and O–H groups in total. The van der Waals surface area contributed by atoms with Crippen LogP contribution in [-0.4, -0.2) is 52.4 Å². The summed E-state index contributed by atoms with van der Waals surface area (Å²) in [6, 6.07) is 3.95. The molecular weight excluding hydrogens is 252 g/mol. The van der Waals surface area contributed by atoms with E-state index in [0.29, 0.717) is 0 Å². The Hall–Kier alpha value is -1.46. The maximum atomic E-state index is 12.6. The van der Waals surface area contributed by atoms with Crippen LogP contribution in [-0.2, 0) is 11.3 Å². The molecule has 0 aliphatic carbocycles. The number of likely N-dealkylation sites (N-methyl/N-ethyl adjacent to an activating group) is 1. The first-order valence-electron chi connectivity index (χ1n) is 7.33. The summed E-state index contributed by atoms with van der Waals surface area (Å²) in [5.74, 6) is 0.201. The molecule has 0 aromatic carbocycles. The van der Waals surface area contributed by atoms with Gasteiger partial charge in [0.1, 0.15) is 0 Å². The van der Waals surface area contributed by atoms with Gasteiger partial charge in [-0.2, -0.15) is 0 Å². The van der Waals surface area contributed by atoms with E-state index < -0.39 is 0 Å². The first kappa shape index (κ1) is 14.9. The molecule has 110 valence electrons. The number of hydrogen-bond acceptors (Lipinski definition) is 4. The van der Waals surface area contributed by atoms with Crippen LogP contribution < -0.4 is 5.73 Å². The average molecular weight is 276 g/mol. The fourth-order valence-electron chi connectivity index (χ4n) is 2.84. The Morgan fingerprint density at radius 1 is 1.50 bits per heavy atom. The highest BCUT2D eigenvalue weighted by molar-refractivity contribution is 5.82. The molecule has 1 aliphatic heterocycles. The van der Waals surface area contributed by atoms with Crippen molar-refractivity contribution in [3.63, 3.8) is 0 Å². The van der Waals surface area contributed by atoms with Gasteiger partial charge in [0.15, 0.2) is 0 Å². The Bertz CT molecular complexity index is 433. The second-order valence-electron chi connectivity index (χ2n) is 5.31. The van der Waals surface area contributed by atoms with Gasteiger partial charge in [0, 0.05) is 44.6 Å². The summed E-state index contributed by atoms with van der Waals surface area (Å²) >= 11 is 0. The van der Waals surface area contributed by atoms with Gasteiger partial charge in [-0.25, -0.2) is 0 Å². The van der Waals surface area contributed by atoms with Gasteiger partial charge >= 0.3 is 0 Å². The third-order valence-corrected chi connectivity index (χ3v) is 3.90. The highest BCUT2D eigenvalue weighted by Crippen LogP contribution is 2.21. The number of carbonyl (C=O) groups is 1. The lowest BCUT2D eigenvalue weighted by Gasteiger charge is -2.28. The molecule has 0 saturated carbocycles. The number of hydrogen-bond donors (Lipinski definition) is 1. The van der Waals surface area contributed by atoms with Crippen LogP contribution in [0.3, 0.4) is 0 Å². The molecule has 1 aliphatic rings. The topological polar surface area (TPSA) is 62.5 Å². The second-order valence-corrected chi connectivity index (χ2v) is 5.31. The number of carbonyl (C=O) groups excluding carboxylic acids is 1. The van der Waals surface area contributed by atoms with Gasteiger partial charge in [-0.15, -0.1) is 0 Å². The third-order valence-electron chi connectivity index (χ3n) is 3.90. The summed E-state index contributed by atoms with van der Waals surface area (Å²) in [5, 5.41) is 0. The zero-order valence-corrected chi connectivity index (χ0v) is 12.3. The lowest BCUT2D eigenvalue weighted by Crippen LogP contribution is -2.45. The molecule has 2 heterocycles. The van der Waals surface area contributed by atoms with Crippen LogP contribution in [0.4, 0.5) is 0 Å². The molecule has 0 spiro atoms. The maximum Gasteiger partial charge on any atom is 0.239 e. The van der Waals surface area contributed by atoms with E-state index >= 15 is 0 Å². The van der Waals surface area contributed by atoms with E-state index in [1.807, 2.05) is 37.1 Å². The molecule has 0 bridgehead atoms. The predicted molar refractivity (Wildman–Crippen MR) is 79.0 cm³/mol. The molecular formula is C15H24N4O. The van der Waals surface area contributed by atoms with Gasteiger partial charge in [0.05, 0.1) is 6.04 Å². The van der Waals surface area contributed by atoms with E-state index in [-0.39, 0.29) is 18.0 Å². The van der Waals surface area contributed by atoms with Crippen molar-refractivity contribution in [2.75, 3.05) is 19.6 Å². The largest absolute Gasteiger partial charge is 0.342 e. The lowest BCUT2D eigenvalue weighted by atomic mass is 10.1. The molecule has 20 heavy (non-hydrogen) atoms. The van der Waals surface area contributed by atoms with Gasteiger partial charge in [-0.3, -0.25) is 14.7 Å². The van der Waals surface area contributed by atoms with E-state index in [0.717, 1.165) is 38.2 Å². The Morgan fingerprint density at radius 3 is 2.85 bits per heavy atom. The van der Waals surface area contributed by atoms with Crippen molar-refractivity contribution in [3.05, 3.63) is 30.1 Å². The SMILES string of the molecule is CCN(CC)C(=O)[C@@H]1C[C@@H](N)CN1Cc1cccnc1. The van der Waals surface area contributed by atoms with Gasteiger partial charge in [0.25, 0.3) is 0 Å². The van der Waals surface area contributed by atoms with Gasteiger partial charge in [-0.05, 0) is 31.9 Å². The van der Waals surface area contributed by atoms with E-state index in [1.165, 1.54) is 0 Å². The number of aromatic nitrogens is 1. The van der Waals surface area contributed by atoms with E-state index in [2.05, 4.69) is 9.88 Å². The van der Waals surface area contributed by atoms with Crippen molar-refractivity contribution >= 4 is 5.91 Å². The highest BCUT2D eigenvalue weighted by Gasteiger charge is 2.36. The summed E-state index contributed by atoms with van der Waals surface area (Å²) in [6.07, 6.45) is 4.36. The molecule has 2 rings (SSSR count). The van der Waals surface area contributed by atoms with E-state index in [1.54, 1.807) is 6.20 Å². The quantitative estimate of drug-likeness (QED) is 0.866. The molecule has 0 radical (unpaired) electrons. The van der Waals surface area contributed by atoms with Crippen LogP contribution in [0.15, 0.2) is 24.5 Å². The van der Waals surface area contributed by atoms with Gasteiger partial charge in [-0.1, -0.05) is 6.07 Å². The zero-order valence-electron chi connectivity index (χ0n) is 12.3. The monoisotopic (exact) mass is 276 g/mol. The molecule has 5 nitrogen and oxygen atoms in total. The molecule has 2 atom stereocenters. The normalized spacial score (nSPS) is 22.9. The van der Waals surface area contributed by atoms with Crippen molar-refractivity contribution in [1.29, 1.82) is 0 Å². The minimum atomic E-state index is -0.0925. The molecule has 1 aromatic heterocycles. The second kappa shape index (κ2) is 6.81. The Morgan fingerprint density at radius 2 is 2.25 bits per heavy atom. The minimum absolute atomic E-state index is 0.0798. The van der Waals surface area contributed by atoms with Crippen LogP contribution >= 0.6 is 0 Å². The molecule has 5 heteroatoms.